The van der Waals surface area contributed by atoms with Gasteiger partial charge in [-0.05, 0) is 34.1 Å². The van der Waals surface area contributed by atoms with Crippen molar-refractivity contribution in [1.82, 2.24) is 0 Å². The summed E-state index contributed by atoms with van der Waals surface area (Å²) in [6, 6.07) is 21.8. The molecule has 0 aliphatic heterocycles. The molecule has 0 amide bonds. The highest BCUT2D eigenvalue weighted by Crippen LogP contribution is 2.72. The normalized spacial score (nSPS) is 25.6. The summed E-state index contributed by atoms with van der Waals surface area (Å²) in [5.74, 6) is 0.565. The van der Waals surface area contributed by atoms with E-state index in [-0.39, 0.29) is 10.8 Å². The summed E-state index contributed by atoms with van der Waals surface area (Å²) in [5.41, 5.74) is 6.27. The molecule has 0 saturated heterocycles. The predicted molar refractivity (Wildman–Crippen MR) is 98.8 cm³/mol. The molecule has 0 spiro atoms. The minimum atomic E-state index is 0.203. The Balaban J connectivity index is 1.79. The molecule has 0 heterocycles. The molecule has 116 valence electrons. The van der Waals surface area contributed by atoms with Gasteiger partial charge in [-0.3, -0.25) is 0 Å². The standard InChI is InChI=1S/C23H24/c1-4-22(2,3)23-16-19(17-11-7-5-8-12-17)21(23)15-20(23)18-13-9-6-10-14-18/h5-16,21H,4H2,1-3H3. The van der Waals surface area contributed by atoms with Gasteiger partial charge >= 0.3 is 0 Å². The van der Waals surface area contributed by atoms with Gasteiger partial charge in [-0.1, -0.05) is 93.6 Å². The molecular weight excluding hydrogens is 276 g/mol. The number of allylic oxidation sites excluding steroid dienone is 4. The van der Waals surface area contributed by atoms with Crippen LogP contribution in [0.3, 0.4) is 0 Å². The predicted octanol–water partition coefficient (Wildman–Crippen LogP) is 6.22. The van der Waals surface area contributed by atoms with Gasteiger partial charge in [-0.2, -0.15) is 0 Å². The molecule has 2 aromatic carbocycles. The first kappa shape index (κ1) is 14.5. The molecule has 2 atom stereocenters. The molecule has 2 aliphatic rings. The van der Waals surface area contributed by atoms with Crippen LogP contribution in [0.2, 0.25) is 0 Å². The van der Waals surface area contributed by atoms with Gasteiger partial charge in [0.15, 0.2) is 0 Å². The molecule has 0 radical (unpaired) electrons. The lowest BCUT2D eigenvalue weighted by atomic mass is 9.39. The van der Waals surface area contributed by atoms with E-state index in [2.05, 4.69) is 93.6 Å². The summed E-state index contributed by atoms with van der Waals surface area (Å²) in [4.78, 5) is 0. The lowest BCUT2D eigenvalue weighted by Crippen LogP contribution is -2.54. The highest BCUT2D eigenvalue weighted by Gasteiger charge is 2.61. The maximum atomic E-state index is 2.55. The maximum absolute atomic E-state index is 2.55. The van der Waals surface area contributed by atoms with E-state index in [9.17, 15) is 0 Å². The van der Waals surface area contributed by atoms with E-state index < -0.39 is 0 Å². The Morgan fingerprint density at radius 2 is 1.43 bits per heavy atom. The first-order valence-electron chi connectivity index (χ1n) is 8.66. The largest absolute Gasteiger partial charge is 0.0710 e. The van der Waals surface area contributed by atoms with E-state index in [4.69, 9.17) is 0 Å². The van der Waals surface area contributed by atoms with Crippen LogP contribution in [0.25, 0.3) is 11.1 Å². The molecular formula is C23H24. The fraction of sp³-hybridized carbons (Fsp3) is 0.304. The summed E-state index contributed by atoms with van der Waals surface area (Å²) in [7, 11) is 0. The van der Waals surface area contributed by atoms with E-state index in [1.165, 1.54) is 28.7 Å². The second-order valence-electron chi connectivity index (χ2n) is 7.50. The Kier molecular flexibility index (Phi) is 3.13. The lowest BCUT2D eigenvalue weighted by molar-refractivity contribution is 0.118. The van der Waals surface area contributed by atoms with E-state index in [1.54, 1.807) is 0 Å². The van der Waals surface area contributed by atoms with Gasteiger partial charge in [-0.25, -0.2) is 0 Å². The van der Waals surface area contributed by atoms with Gasteiger partial charge in [0.2, 0.25) is 0 Å². The molecule has 0 fully saturated rings. The van der Waals surface area contributed by atoms with Crippen molar-refractivity contribution in [2.45, 2.75) is 27.2 Å². The zero-order valence-corrected chi connectivity index (χ0v) is 14.2. The van der Waals surface area contributed by atoms with Crippen molar-refractivity contribution in [1.29, 1.82) is 0 Å². The van der Waals surface area contributed by atoms with Crippen LogP contribution in [0, 0.1) is 16.7 Å². The topological polar surface area (TPSA) is 0 Å². The Bertz CT molecular complexity index is 777. The van der Waals surface area contributed by atoms with Crippen LogP contribution in [-0.4, -0.2) is 0 Å². The zero-order chi connectivity index (χ0) is 16.1. The molecule has 0 nitrogen and oxygen atoms in total. The van der Waals surface area contributed by atoms with Crippen LogP contribution in [0.15, 0.2) is 72.8 Å². The highest BCUT2D eigenvalue weighted by atomic mass is 14.6. The number of hydrogen-bond donors (Lipinski definition) is 0. The first-order valence-corrected chi connectivity index (χ1v) is 8.66. The van der Waals surface area contributed by atoms with Gasteiger partial charge in [-0.15, -0.1) is 0 Å². The number of hydrogen-bond acceptors (Lipinski definition) is 0. The van der Waals surface area contributed by atoms with Crippen molar-refractivity contribution in [3.63, 3.8) is 0 Å². The SMILES string of the molecule is CCC(C)(C)C12C=C(c3ccccc3)C1C=C2c1ccccc1. The lowest BCUT2D eigenvalue weighted by Gasteiger charge is -2.63. The van der Waals surface area contributed by atoms with Crippen molar-refractivity contribution in [3.05, 3.63) is 83.9 Å². The fourth-order valence-corrected chi connectivity index (χ4v) is 4.37. The second-order valence-corrected chi connectivity index (χ2v) is 7.50. The number of rotatable bonds is 4. The number of benzene rings is 2. The molecule has 0 bridgehead atoms. The molecule has 0 aromatic heterocycles. The first-order chi connectivity index (χ1) is 11.1. The van der Waals surface area contributed by atoms with E-state index in [0.717, 1.165) is 0 Å². The van der Waals surface area contributed by atoms with Gasteiger partial charge in [0, 0.05) is 11.3 Å². The monoisotopic (exact) mass is 300 g/mol. The summed E-state index contributed by atoms with van der Waals surface area (Å²) in [6.45, 7) is 7.17. The third kappa shape index (κ3) is 1.84. The average Bonchev–Trinajstić information content (AvgIpc) is 2.58. The van der Waals surface area contributed by atoms with Gasteiger partial charge in [0.25, 0.3) is 0 Å². The zero-order valence-electron chi connectivity index (χ0n) is 14.2. The van der Waals surface area contributed by atoms with Crippen LogP contribution in [0.1, 0.15) is 38.3 Å². The third-order valence-electron chi connectivity index (χ3n) is 6.18. The quantitative estimate of drug-likeness (QED) is 0.629. The highest BCUT2D eigenvalue weighted by molar-refractivity contribution is 5.95. The Labute approximate surface area is 139 Å². The summed E-state index contributed by atoms with van der Waals surface area (Å²) in [6.07, 6.45) is 6.24. The molecule has 23 heavy (non-hydrogen) atoms. The van der Waals surface area contributed by atoms with Crippen molar-refractivity contribution in [2.75, 3.05) is 0 Å². The maximum Gasteiger partial charge on any atom is 0.0295 e. The van der Waals surface area contributed by atoms with Crippen LogP contribution < -0.4 is 0 Å². The molecule has 4 rings (SSSR count). The van der Waals surface area contributed by atoms with E-state index >= 15 is 0 Å². The number of fused-ring (bicyclic) bond motifs is 1. The molecule has 0 heteroatoms. The Morgan fingerprint density at radius 3 is 1.96 bits per heavy atom. The van der Waals surface area contributed by atoms with Crippen molar-refractivity contribution >= 4 is 11.1 Å². The minimum absolute atomic E-state index is 0.203. The summed E-state index contributed by atoms with van der Waals surface area (Å²) in [5, 5.41) is 0. The Hall–Kier alpha value is -2.08. The molecule has 2 unspecified atom stereocenters. The van der Waals surface area contributed by atoms with Crippen LogP contribution in [-0.2, 0) is 0 Å². The minimum Gasteiger partial charge on any atom is -0.0710 e. The van der Waals surface area contributed by atoms with Crippen LogP contribution >= 0.6 is 0 Å². The fourth-order valence-electron chi connectivity index (χ4n) is 4.37. The molecule has 2 aliphatic carbocycles. The molecule has 0 saturated carbocycles. The van der Waals surface area contributed by atoms with Crippen molar-refractivity contribution in [2.24, 2.45) is 16.7 Å². The van der Waals surface area contributed by atoms with Crippen molar-refractivity contribution < 1.29 is 0 Å². The summed E-state index contributed by atoms with van der Waals surface area (Å²) >= 11 is 0. The van der Waals surface area contributed by atoms with Gasteiger partial charge < -0.3 is 0 Å². The van der Waals surface area contributed by atoms with Gasteiger partial charge in [0.05, 0.1) is 0 Å². The second kappa shape index (κ2) is 4.96. The smallest absolute Gasteiger partial charge is 0.0295 e. The van der Waals surface area contributed by atoms with Gasteiger partial charge in [0.1, 0.15) is 0 Å². The molecule has 0 N–H and O–H groups in total. The Morgan fingerprint density at radius 1 is 0.870 bits per heavy atom. The average molecular weight is 300 g/mol. The van der Waals surface area contributed by atoms with E-state index in [1.807, 2.05) is 0 Å². The van der Waals surface area contributed by atoms with Crippen molar-refractivity contribution in [3.8, 4) is 0 Å². The van der Waals surface area contributed by atoms with Crippen LogP contribution in [0.4, 0.5) is 0 Å². The third-order valence-corrected chi connectivity index (χ3v) is 6.18. The molecule has 2 aromatic rings. The summed E-state index contributed by atoms with van der Waals surface area (Å²) < 4.78 is 0. The van der Waals surface area contributed by atoms with Crippen LogP contribution in [0.5, 0.6) is 0 Å². The van der Waals surface area contributed by atoms with E-state index in [0.29, 0.717) is 5.92 Å².